The fourth-order valence-corrected chi connectivity index (χ4v) is 2.08. The van der Waals surface area contributed by atoms with Crippen molar-refractivity contribution in [1.82, 2.24) is 0 Å². The topological polar surface area (TPSA) is 46.5 Å². The Bertz CT molecular complexity index is 400. The standard InChI is InChI=1S/C11H10Cl2O3/c12-11(13)5-9(11)7-1-3-8(4-2-7)16-6-10(14)15/h1-4,9H,5-6H2,(H,14,15). The summed E-state index contributed by atoms with van der Waals surface area (Å²) in [7, 11) is 0. The number of carbonyl (C=O) groups is 1. The molecule has 2 rings (SSSR count). The third kappa shape index (κ3) is 2.60. The van der Waals surface area contributed by atoms with Crippen LogP contribution in [0.15, 0.2) is 24.3 Å². The monoisotopic (exact) mass is 260 g/mol. The highest BCUT2D eigenvalue weighted by Crippen LogP contribution is 2.59. The summed E-state index contributed by atoms with van der Waals surface area (Å²) >= 11 is 11.9. The lowest BCUT2D eigenvalue weighted by atomic mass is 10.1. The maximum Gasteiger partial charge on any atom is 0.341 e. The van der Waals surface area contributed by atoms with Gasteiger partial charge in [-0.1, -0.05) is 12.1 Å². The van der Waals surface area contributed by atoms with Gasteiger partial charge in [0, 0.05) is 5.92 Å². The minimum Gasteiger partial charge on any atom is -0.482 e. The van der Waals surface area contributed by atoms with Crippen LogP contribution in [0.4, 0.5) is 0 Å². The van der Waals surface area contributed by atoms with E-state index in [-0.39, 0.29) is 12.5 Å². The summed E-state index contributed by atoms with van der Waals surface area (Å²) in [5, 5.41) is 8.44. The van der Waals surface area contributed by atoms with E-state index in [4.69, 9.17) is 33.0 Å². The molecule has 0 amide bonds. The fourth-order valence-electron chi connectivity index (χ4n) is 1.52. The first-order valence-corrected chi connectivity index (χ1v) is 5.57. The van der Waals surface area contributed by atoms with Crippen molar-refractivity contribution in [2.24, 2.45) is 0 Å². The van der Waals surface area contributed by atoms with Gasteiger partial charge in [-0.05, 0) is 24.1 Å². The van der Waals surface area contributed by atoms with Crippen LogP contribution in [-0.4, -0.2) is 22.0 Å². The van der Waals surface area contributed by atoms with E-state index in [0.717, 1.165) is 12.0 Å². The minimum absolute atomic E-state index is 0.171. The number of halogens is 2. The molecular formula is C11H10Cl2O3. The number of carboxylic acid groups (broad SMARTS) is 1. The van der Waals surface area contributed by atoms with Crippen LogP contribution in [0.3, 0.4) is 0 Å². The van der Waals surface area contributed by atoms with E-state index in [0.29, 0.717) is 5.75 Å². The van der Waals surface area contributed by atoms with Crippen LogP contribution in [0.5, 0.6) is 5.75 Å². The second-order valence-electron chi connectivity index (χ2n) is 3.77. The first-order valence-electron chi connectivity index (χ1n) is 4.81. The predicted molar refractivity (Wildman–Crippen MR) is 61.4 cm³/mol. The lowest BCUT2D eigenvalue weighted by molar-refractivity contribution is -0.139. The Morgan fingerprint density at radius 2 is 2.00 bits per heavy atom. The van der Waals surface area contributed by atoms with Gasteiger partial charge in [0.25, 0.3) is 0 Å². The van der Waals surface area contributed by atoms with Crippen molar-refractivity contribution in [2.75, 3.05) is 6.61 Å². The maximum atomic E-state index is 10.3. The Kier molecular flexibility index (Phi) is 3.00. The lowest BCUT2D eigenvalue weighted by Crippen LogP contribution is -2.09. The van der Waals surface area contributed by atoms with E-state index in [2.05, 4.69) is 0 Å². The van der Waals surface area contributed by atoms with Gasteiger partial charge >= 0.3 is 5.97 Å². The molecule has 86 valence electrons. The molecule has 1 aliphatic rings. The van der Waals surface area contributed by atoms with E-state index in [1.807, 2.05) is 12.1 Å². The van der Waals surface area contributed by atoms with Crippen LogP contribution in [0, 0.1) is 0 Å². The van der Waals surface area contributed by atoms with Crippen molar-refractivity contribution in [1.29, 1.82) is 0 Å². The smallest absolute Gasteiger partial charge is 0.341 e. The van der Waals surface area contributed by atoms with E-state index in [1.54, 1.807) is 12.1 Å². The minimum atomic E-state index is -0.994. The Morgan fingerprint density at radius 1 is 1.44 bits per heavy atom. The summed E-state index contributed by atoms with van der Waals surface area (Å²) in [4.78, 5) is 10.3. The van der Waals surface area contributed by atoms with Crippen molar-refractivity contribution in [3.63, 3.8) is 0 Å². The average Bonchev–Trinajstić information content (AvgIpc) is 2.85. The van der Waals surface area contributed by atoms with Crippen LogP contribution >= 0.6 is 23.2 Å². The molecule has 0 saturated heterocycles. The molecule has 1 aliphatic carbocycles. The van der Waals surface area contributed by atoms with Crippen LogP contribution in [0.25, 0.3) is 0 Å². The van der Waals surface area contributed by atoms with Crippen molar-refractivity contribution in [3.05, 3.63) is 29.8 Å². The molecule has 5 heteroatoms. The maximum absolute atomic E-state index is 10.3. The fraction of sp³-hybridized carbons (Fsp3) is 0.364. The van der Waals surface area contributed by atoms with Crippen molar-refractivity contribution >= 4 is 29.2 Å². The third-order valence-corrected chi connectivity index (χ3v) is 3.31. The number of ether oxygens (including phenoxy) is 1. The number of benzene rings is 1. The largest absolute Gasteiger partial charge is 0.482 e. The SMILES string of the molecule is O=C(O)COc1ccc(C2CC2(Cl)Cl)cc1. The zero-order chi connectivity index (χ0) is 11.8. The molecular weight excluding hydrogens is 251 g/mol. The molecule has 0 radical (unpaired) electrons. The Balaban J connectivity index is 1.98. The summed E-state index contributed by atoms with van der Waals surface area (Å²) in [6.45, 7) is -0.336. The van der Waals surface area contributed by atoms with Gasteiger partial charge in [0.1, 0.15) is 10.1 Å². The molecule has 1 aromatic rings. The third-order valence-electron chi connectivity index (χ3n) is 2.47. The summed E-state index contributed by atoms with van der Waals surface area (Å²) in [5.74, 6) is -0.294. The summed E-state index contributed by atoms with van der Waals surface area (Å²) in [5.41, 5.74) is 1.05. The van der Waals surface area contributed by atoms with E-state index < -0.39 is 10.3 Å². The number of hydrogen-bond donors (Lipinski definition) is 1. The highest BCUT2D eigenvalue weighted by atomic mass is 35.5. The summed E-state index contributed by atoms with van der Waals surface area (Å²) < 4.78 is 4.37. The highest BCUT2D eigenvalue weighted by Gasteiger charge is 2.52. The molecule has 1 N–H and O–H groups in total. The van der Waals surface area contributed by atoms with Gasteiger partial charge in [0.2, 0.25) is 0 Å². The molecule has 0 aromatic heterocycles. The van der Waals surface area contributed by atoms with Crippen LogP contribution < -0.4 is 4.74 Å². The molecule has 1 unspecified atom stereocenters. The summed E-state index contributed by atoms with van der Waals surface area (Å²) in [6.07, 6.45) is 0.755. The zero-order valence-corrected chi connectivity index (χ0v) is 9.83. The molecule has 0 spiro atoms. The van der Waals surface area contributed by atoms with E-state index in [1.165, 1.54) is 0 Å². The van der Waals surface area contributed by atoms with Crippen molar-refractivity contribution in [2.45, 2.75) is 16.7 Å². The average molecular weight is 261 g/mol. The summed E-state index contributed by atoms with van der Waals surface area (Å²) in [6, 6.07) is 7.16. The first kappa shape index (κ1) is 11.6. The van der Waals surface area contributed by atoms with Crippen molar-refractivity contribution < 1.29 is 14.6 Å². The molecule has 3 nitrogen and oxygen atoms in total. The second-order valence-corrected chi connectivity index (χ2v) is 5.31. The molecule has 1 atom stereocenters. The van der Waals surface area contributed by atoms with Gasteiger partial charge in [-0.25, -0.2) is 4.79 Å². The number of hydrogen-bond acceptors (Lipinski definition) is 2. The second kappa shape index (κ2) is 4.15. The van der Waals surface area contributed by atoms with Crippen molar-refractivity contribution in [3.8, 4) is 5.75 Å². The number of alkyl halides is 2. The van der Waals surface area contributed by atoms with E-state index >= 15 is 0 Å². The molecule has 0 aliphatic heterocycles. The molecule has 0 bridgehead atoms. The van der Waals surface area contributed by atoms with Gasteiger partial charge in [-0.2, -0.15) is 0 Å². The quantitative estimate of drug-likeness (QED) is 0.847. The van der Waals surface area contributed by atoms with Gasteiger partial charge < -0.3 is 9.84 Å². The molecule has 1 fully saturated rings. The predicted octanol–water partition coefficient (Wildman–Crippen LogP) is 2.81. The van der Waals surface area contributed by atoms with E-state index in [9.17, 15) is 4.79 Å². The Morgan fingerprint density at radius 3 is 2.44 bits per heavy atom. The Labute approximate surface area is 103 Å². The molecule has 16 heavy (non-hydrogen) atoms. The first-order chi connectivity index (χ1) is 7.49. The number of carboxylic acids is 1. The Hall–Kier alpha value is -0.930. The number of rotatable bonds is 4. The van der Waals surface area contributed by atoms with Gasteiger partial charge in [-0.15, -0.1) is 23.2 Å². The normalized spacial score (nSPS) is 21.5. The zero-order valence-electron chi connectivity index (χ0n) is 8.32. The molecule has 1 aromatic carbocycles. The molecule has 1 saturated carbocycles. The van der Waals surface area contributed by atoms with Gasteiger partial charge in [-0.3, -0.25) is 0 Å². The van der Waals surface area contributed by atoms with Crippen LogP contribution in [0.1, 0.15) is 17.9 Å². The lowest BCUT2D eigenvalue weighted by Gasteiger charge is -2.05. The number of aliphatic carboxylic acids is 1. The van der Waals surface area contributed by atoms with Gasteiger partial charge in [0.05, 0.1) is 0 Å². The highest BCUT2D eigenvalue weighted by molar-refractivity contribution is 6.51. The molecule has 0 heterocycles. The van der Waals surface area contributed by atoms with Gasteiger partial charge in [0.15, 0.2) is 6.61 Å². The van der Waals surface area contributed by atoms with Crippen LogP contribution in [0.2, 0.25) is 0 Å². The van der Waals surface area contributed by atoms with Crippen LogP contribution in [-0.2, 0) is 4.79 Å².